The SMILES string of the molecule is COC(=O)c1ccc(COc2ccc(C)nc2CO)nc1. The molecule has 0 aromatic carbocycles. The topological polar surface area (TPSA) is 81.5 Å². The lowest BCUT2D eigenvalue weighted by Gasteiger charge is -2.10. The third-order valence-corrected chi connectivity index (χ3v) is 2.84. The van der Waals surface area contributed by atoms with Gasteiger partial charge in [-0.1, -0.05) is 0 Å². The van der Waals surface area contributed by atoms with E-state index in [2.05, 4.69) is 14.7 Å². The smallest absolute Gasteiger partial charge is 0.339 e. The van der Waals surface area contributed by atoms with Crippen LogP contribution in [0.15, 0.2) is 30.5 Å². The summed E-state index contributed by atoms with van der Waals surface area (Å²) in [4.78, 5) is 19.6. The number of ether oxygens (including phenoxy) is 2. The van der Waals surface area contributed by atoms with Crippen LogP contribution < -0.4 is 4.74 Å². The Balaban J connectivity index is 2.05. The minimum atomic E-state index is -0.430. The van der Waals surface area contributed by atoms with E-state index >= 15 is 0 Å². The van der Waals surface area contributed by atoms with E-state index in [0.29, 0.717) is 22.7 Å². The fraction of sp³-hybridized carbons (Fsp3) is 0.267. The average molecular weight is 288 g/mol. The first kappa shape index (κ1) is 14.9. The Morgan fingerprint density at radius 1 is 1.29 bits per heavy atom. The molecule has 0 aliphatic carbocycles. The lowest BCUT2D eigenvalue weighted by Crippen LogP contribution is -2.05. The molecule has 6 nitrogen and oxygen atoms in total. The predicted molar refractivity (Wildman–Crippen MR) is 74.8 cm³/mol. The number of nitrogens with zero attached hydrogens (tertiary/aromatic N) is 2. The lowest BCUT2D eigenvalue weighted by molar-refractivity contribution is 0.0600. The van der Waals surface area contributed by atoms with Crippen LogP contribution in [0.2, 0.25) is 0 Å². The Morgan fingerprint density at radius 3 is 2.71 bits per heavy atom. The van der Waals surface area contributed by atoms with Crippen molar-refractivity contribution in [2.75, 3.05) is 7.11 Å². The second-order valence-electron chi connectivity index (χ2n) is 4.37. The summed E-state index contributed by atoms with van der Waals surface area (Å²) >= 11 is 0. The zero-order chi connectivity index (χ0) is 15.2. The van der Waals surface area contributed by atoms with Gasteiger partial charge in [0.05, 0.1) is 25.0 Å². The van der Waals surface area contributed by atoms with E-state index in [1.807, 2.05) is 13.0 Å². The molecular formula is C15H16N2O4. The zero-order valence-electron chi connectivity index (χ0n) is 11.9. The number of aliphatic hydroxyl groups is 1. The molecule has 0 aliphatic heterocycles. The third kappa shape index (κ3) is 3.76. The van der Waals surface area contributed by atoms with Crippen LogP contribution in [-0.2, 0) is 18.0 Å². The number of carbonyl (C=O) groups excluding carboxylic acids is 1. The Morgan fingerprint density at radius 2 is 2.10 bits per heavy atom. The van der Waals surface area contributed by atoms with Crippen LogP contribution >= 0.6 is 0 Å². The van der Waals surface area contributed by atoms with Crippen LogP contribution in [-0.4, -0.2) is 28.2 Å². The number of esters is 1. The van der Waals surface area contributed by atoms with E-state index in [1.54, 1.807) is 18.2 Å². The summed E-state index contributed by atoms with van der Waals surface area (Å²) in [5, 5.41) is 9.26. The van der Waals surface area contributed by atoms with Crippen molar-refractivity contribution in [1.29, 1.82) is 0 Å². The Labute approximate surface area is 122 Å². The molecule has 0 bridgehead atoms. The van der Waals surface area contributed by atoms with E-state index in [9.17, 15) is 9.90 Å². The van der Waals surface area contributed by atoms with Crippen molar-refractivity contribution in [1.82, 2.24) is 9.97 Å². The highest BCUT2D eigenvalue weighted by atomic mass is 16.5. The van der Waals surface area contributed by atoms with E-state index in [0.717, 1.165) is 5.69 Å². The number of hydrogen-bond donors (Lipinski definition) is 1. The van der Waals surface area contributed by atoms with Crippen LogP contribution in [0.5, 0.6) is 5.75 Å². The van der Waals surface area contributed by atoms with Crippen molar-refractivity contribution >= 4 is 5.97 Å². The van der Waals surface area contributed by atoms with Crippen molar-refractivity contribution in [3.8, 4) is 5.75 Å². The van der Waals surface area contributed by atoms with E-state index in [-0.39, 0.29) is 13.2 Å². The van der Waals surface area contributed by atoms with Gasteiger partial charge in [0.1, 0.15) is 18.1 Å². The highest BCUT2D eigenvalue weighted by Crippen LogP contribution is 2.18. The molecule has 0 amide bonds. The number of carbonyl (C=O) groups is 1. The molecule has 2 heterocycles. The second-order valence-corrected chi connectivity index (χ2v) is 4.37. The Hall–Kier alpha value is -2.47. The monoisotopic (exact) mass is 288 g/mol. The molecule has 21 heavy (non-hydrogen) atoms. The molecule has 2 rings (SSSR count). The maximum absolute atomic E-state index is 11.3. The molecule has 0 atom stereocenters. The van der Waals surface area contributed by atoms with Gasteiger partial charge in [0.15, 0.2) is 0 Å². The van der Waals surface area contributed by atoms with Crippen molar-refractivity contribution in [3.05, 3.63) is 53.1 Å². The quantitative estimate of drug-likeness (QED) is 0.842. The van der Waals surface area contributed by atoms with Gasteiger partial charge in [0, 0.05) is 11.9 Å². The van der Waals surface area contributed by atoms with E-state index in [1.165, 1.54) is 13.3 Å². The highest BCUT2D eigenvalue weighted by Gasteiger charge is 2.08. The number of rotatable bonds is 5. The number of aliphatic hydroxyl groups excluding tert-OH is 1. The number of hydrogen-bond acceptors (Lipinski definition) is 6. The van der Waals surface area contributed by atoms with Crippen molar-refractivity contribution in [2.45, 2.75) is 20.1 Å². The van der Waals surface area contributed by atoms with Gasteiger partial charge in [-0.25, -0.2) is 4.79 Å². The largest absolute Gasteiger partial charge is 0.485 e. The third-order valence-electron chi connectivity index (χ3n) is 2.84. The minimum absolute atomic E-state index is 0.189. The van der Waals surface area contributed by atoms with Gasteiger partial charge in [-0.2, -0.15) is 0 Å². The van der Waals surface area contributed by atoms with Gasteiger partial charge in [0.2, 0.25) is 0 Å². The molecule has 110 valence electrons. The number of aromatic nitrogens is 2. The summed E-state index contributed by atoms with van der Waals surface area (Å²) in [5.74, 6) is 0.0854. The van der Waals surface area contributed by atoms with Crippen LogP contribution in [0.3, 0.4) is 0 Å². The first-order chi connectivity index (χ1) is 10.1. The zero-order valence-corrected chi connectivity index (χ0v) is 11.9. The van der Waals surface area contributed by atoms with Crippen LogP contribution in [0.25, 0.3) is 0 Å². The number of methoxy groups -OCH3 is 1. The summed E-state index contributed by atoms with van der Waals surface area (Å²) in [6, 6.07) is 6.88. The van der Waals surface area contributed by atoms with E-state index in [4.69, 9.17) is 4.74 Å². The summed E-state index contributed by atoms with van der Waals surface area (Å²) in [7, 11) is 1.32. The van der Waals surface area contributed by atoms with Crippen molar-refractivity contribution in [2.24, 2.45) is 0 Å². The van der Waals surface area contributed by atoms with Crippen molar-refractivity contribution in [3.63, 3.8) is 0 Å². The number of pyridine rings is 2. The molecule has 6 heteroatoms. The van der Waals surface area contributed by atoms with Gasteiger partial charge >= 0.3 is 5.97 Å². The van der Waals surface area contributed by atoms with Gasteiger partial charge in [-0.3, -0.25) is 9.97 Å². The molecule has 2 aromatic rings. The Bertz CT molecular complexity index is 626. The predicted octanol–water partition coefficient (Wildman–Crippen LogP) is 1.64. The van der Waals surface area contributed by atoms with Gasteiger partial charge in [0.25, 0.3) is 0 Å². The second kappa shape index (κ2) is 6.81. The molecule has 0 fully saturated rings. The van der Waals surface area contributed by atoms with Crippen molar-refractivity contribution < 1.29 is 19.4 Å². The summed E-state index contributed by atoms with van der Waals surface area (Å²) in [5.41, 5.74) is 2.34. The van der Waals surface area contributed by atoms with E-state index < -0.39 is 5.97 Å². The van der Waals surface area contributed by atoms with Gasteiger partial charge in [-0.15, -0.1) is 0 Å². The number of aryl methyl sites for hydroxylation is 1. The van der Waals surface area contributed by atoms with Gasteiger partial charge in [-0.05, 0) is 31.2 Å². The molecule has 0 unspecified atom stereocenters. The molecular weight excluding hydrogens is 272 g/mol. The lowest BCUT2D eigenvalue weighted by atomic mass is 10.2. The van der Waals surface area contributed by atoms with Crippen LogP contribution in [0.1, 0.15) is 27.4 Å². The fourth-order valence-corrected chi connectivity index (χ4v) is 1.74. The Kier molecular flexibility index (Phi) is 4.84. The highest BCUT2D eigenvalue weighted by molar-refractivity contribution is 5.88. The standard InChI is InChI=1S/C15H16N2O4/c1-10-3-6-14(13(8-18)17-10)21-9-12-5-4-11(7-16-12)15(19)20-2/h3-7,18H,8-9H2,1-2H3. The fourth-order valence-electron chi connectivity index (χ4n) is 1.74. The maximum atomic E-state index is 11.3. The van der Waals surface area contributed by atoms with Crippen LogP contribution in [0, 0.1) is 6.92 Å². The normalized spacial score (nSPS) is 10.2. The summed E-state index contributed by atoms with van der Waals surface area (Å²) in [6.07, 6.45) is 1.44. The summed E-state index contributed by atoms with van der Waals surface area (Å²) in [6.45, 7) is 1.88. The average Bonchev–Trinajstić information content (AvgIpc) is 2.53. The molecule has 2 aromatic heterocycles. The molecule has 0 saturated carbocycles. The molecule has 0 saturated heterocycles. The first-order valence-electron chi connectivity index (χ1n) is 6.37. The first-order valence-corrected chi connectivity index (χ1v) is 6.37. The molecule has 0 spiro atoms. The van der Waals surface area contributed by atoms with Crippen LogP contribution in [0.4, 0.5) is 0 Å². The molecule has 0 radical (unpaired) electrons. The van der Waals surface area contributed by atoms with Gasteiger partial charge < -0.3 is 14.6 Å². The molecule has 1 N–H and O–H groups in total. The minimum Gasteiger partial charge on any atom is -0.485 e. The summed E-state index contributed by atoms with van der Waals surface area (Å²) < 4.78 is 10.2. The maximum Gasteiger partial charge on any atom is 0.339 e. The molecule has 0 aliphatic rings.